The molecular formula is C22H26O6. The Labute approximate surface area is 164 Å². The van der Waals surface area contributed by atoms with Crippen LogP contribution in [-0.2, 0) is 22.4 Å². The Kier molecular flexibility index (Phi) is 7.04. The Morgan fingerprint density at radius 2 is 1.11 bits per heavy atom. The fraction of sp³-hybridized carbons (Fsp3) is 0.364. The first kappa shape index (κ1) is 21.3. The molecular weight excluding hydrogens is 360 g/mol. The maximum Gasteiger partial charge on any atom is 0.165 e. The van der Waals surface area contributed by atoms with Crippen LogP contribution in [0.1, 0.15) is 37.8 Å². The monoisotopic (exact) mass is 386 g/mol. The van der Waals surface area contributed by atoms with Crippen LogP contribution in [0.25, 0.3) is 11.1 Å². The largest absolute Gasteiger partial charge is 0.504 e. The highest BCUT2D eigenvalue weighted by molar-refractivity contribution is 5.82. The third kappa shape index (κ3) is 5.03. The Hall–Kier alpha value is -3.02. The zero-order valence-electron chi connectivity index (χ0n) is 16.7. The number of carbonyl (C=O) groups excluding carboxylic acids is 2. The number of aryl methyl sites for hydroxylation is 2. The molecule has 0 amide bonds. The smallest absolute Gasteiger partial charge is 0.165 e. The predicted molar refractivity (Wildman–Crippen MR) is 106 cm³/mol. The third-order valence-electron chi connectivity index (χ3n) is 4.53. The van der Waals surface area contributed by atoms with Gasteiger partial charge in [-0.2, -0.15) is 0 Å². The first-order valence-corrected chi connectivity index (χ1v) is 9.05. The molecule has 0 aromatic heterocycles. The molecule has 0 aliphatic heterocycles. The number of benzene rings is 2. The molecule has 0 unspecified atom stereocenters. The van der Waals surface area contributed by atoms with Crippen LogP contribution < -0.4 is 9.47 Å². The van der Waals surface area contributed by atoms with E-state index < -0.39 is 0 Å². The van der Waals surface area contributed by atoms with Crippen LogP contribution in [0.2, 0.25) is 0 Å². The second-order valence-corrected chi connectivity index (χ2v) is 6.79. The molecule has 0 bridgehead atoms. The molecule has 2 aromatic carbocycles. The summed E-state index contributed by atoms with van der Waals surface area (Å²) >= 11 is 0. The quantitative estimate of drug-likeness (QED) is 0.680. The molecule has 0 fully saturated rings. The molecule has 150 valence electrons. The lowest BCUT2D eigenvalue weighted by atomic mass is 9.95. The van der Waals surface area contributed by atoms with Crippen LogP contribution in [0.3, 0.4) is 0 Å². The van der Waals surface area contributed by atoms with Crippen LogP contribution in [0.5, 0.6) is 23.0 Å². The highest BCUT2D eigenvalue weighted by Gasteiger charge is 2.19. The van der Waals surface area contributed by atoms with E-state index >= 15 is 0 Å². The van der Waals surface area contributed by atoms with Gasteiger partial charge in [0, 0.05) is 24.0 Å². The van der Waals surface area contributed by atoms with Crippen LogP contribution in [0.4, 0.5) is 0 Å². The topological polar surface area (TPSA) is 93.1 Å². The second-order valence-electron chi connectivity index (χ2n) is 6.79. The average molecular weight is 386 g/mol. The molecule has 0 saturated heterocycles. The Bertz CT molecular complexity index is 812. The van der Waals surface area contributed by atoms with E-state index in [0.29, 0.717) is 36.8 Å². The van der Waals surface area contributed by atoms with Crippen molar-refractivity contribution in [2.24, 2.45) is 0 Å². The van der Waals surface area contributed by atoms with E-state index in [9.17, 15) is 19.8 Å². The van der Waals surface area contributed by atoms with Gasteiger partial charge in [-0.15, -0.1) is 0 Å². The molecule has 0 heterocycles. The number of carbonyl (C=O) groups is 2. The van der Waals surface area contributed by atoms with Gasteiger partial charge in [0.1, 0.15) is 11.6 Å². The lowest BCUT2D eigenvalue weighted by Crippen LogP contribution is -1.98. The van der Waals surface area contributed by atoms with Crippen molar-refractivity contribution in [3.63, 3.8) is 0 Å². The molecule has 6 nitrogen and oxygen atoms in total. The van der Waals surface area contributed by atoms with Crippen molar-refractivity contribution >= 4 is 11.6 Å². The minimum absolute atomic E-state index is 0.0596. The molecule has 0 saturated carbocycles. The van der Waals surface area contributed by atoms with Gasteiger partial charge in [0.25, 0.3) is 0 Å². The molecule has 2 rings (SSSR count). The van der Waals surface area contributed by atoms with Gasteiger partial charge >= 0.3 is 0 Å². The zero-order valence-corrected chi connectivity index (χ0v) is 16.7. The summed E-state index contributed by atoms with van der Waals surface area (Å²) < 4.78 is 10.5. The van der Waals surface area contributed by atoms with Gasteiger partial charge in [-0.25, -0.2) is 0 Å². The van der Waals surface area contributed by atoms with Crippen molar-refractivity contribution in [1.82, 2.24) is 0 Å². The van der Waals surface area contributed by atoms with Gasteiger partial charge < -0.3 is 29.3 Å². The highest BCUT2D eigenvalue weighted by atomic mass is 16.5. The average Bonchev–Trinajstić information content (AvgIpc) is 2.66. The van der Waals surface area contributed by atoms with E-state index in [1.165, 1.54) is 28.1 Å². The first-order valence-electron chi connectivity index (χ1n) is 9.05. The minimum atomic E-state index is -0.116. The summed E-state index contributed by atoms with van der Waals surface area (Å²) in [5, 5.41) is 21.3. The molecule has 6 heteroatoms. The van der Waals surface area contributed by atoms with E-state index in [0.717, 1.165) is 11.1 Å². The van der Waals surface area contributed by atoms with Crippen molar-refractivity contribution in [2.45, 2.75) is 39.5 Å². The van der Waals surface area contributed by atoms with Crippen LogP contribution in [-0.4, -0.2) is 36.0 Å². The number of phenols is 2. The van der Waals surface area contributed by atoms with E-state index in [4.69, 9.17) is 9.47 Å². The normalized spacial score (nSPS) is 10.6. The third-order valence-corrected chi connectivity index (χ3v) is 4.53. The van der Waals surface area contributed by atoms with E-state index in [1.807, 2.05) is 0 Å². The summed E-state index contributed by atoms with van der Waals surface area (Å²) in [6.07, 6.45) is 1.70. The van der Waals surface area contributed by atoms with Crippen molar-refractivity contribution < 1.29 is 29.3 Å². The van der Waals surface area contributed by atoms with Gasteiger partial charge in [0.05, 0.1) is 14.2 Å². The second kappa shape index (κ2) is 9.26. The van der Waals surface area contributed by atoms with Gasteiger partial charge in [0.15, 0.2) is 23.0 Å². The summed E-state index contributed by atoms with van der Waals surface area (Å²) in [6, 6.07) is 6.80. The number of hydrogen-bond acceptors (Lipinski definition) is 6. The van der Waals surface area contributed by atoms with E-state index in [1.54, 1.807) is 24.3 Å². The van der Waals surface area contributed by atoms with Gasteiger partial charge in [-0.1, -0.05) is 0 Å². The minimum Gasteiger partial charge on any atom is -0.504 e. The van der Waals surface area contributed by atoms with Gasteiger partial charge in [-0.05, 0) is 62.1 Å². The molecule has 0 aliphatic carbocycles. The van der Waals surface area contributed by atoms with Crippen LogP contribution in [0, 0.1) is 0 Å². The van der Waals surface area contributed by atoms with Crippen molar-refractivity contribution in [1.29, 1.82) is 0 Å². The Balaban J connectivity index is 2.60. The zero-order chi connectivity index (χ0) is 20.8. The van der Waals surface area contributed by atoms with Gasteiger partial charge in [0.2, 0.25) is 0 Å². The number of ether oxygens (including phenoxy) is 2. The maximum atomic E-state index is 11.3. The molecule has 28 heavy (non-hydrogen) atoms. The molecule has 2 aromatic rings. The molecule has 0 spiro atoms. The fourth-order valence-corrected chi connectivity index (χ4v) is 2.98. The number of hydrogen-bond donors (Lipinski definition) is 2. The van der Waals surface area contributed by atoms with E-state index in [2.05, 4.69) is 0 Å². The van der Waals surface area contributed by atoms with Crippen molar-refractivity contribution in [3.8, 4) is 34.1 Å². The Morgan fingerprint density at radius 3 is 1.39 bits per heavy atom. The molecule has 2 N–H and O–H groups in total. The number of aromatic hydroxyl groups is 2. The predicted octanol–water partition coefficient (Wildman–Crippen LogP) is 3.83. The SMILES string of the molecule is COc1cc(CCC(C)=O)cc(-c2cc(CCC(C)=O)cc(OC)c2O)c1O. The summed E-state index contributed by atoms with van der Waals surface area (Å²) in [5.74, 6) is 0.395. The van der Waals surface area contributed by atoms with E-state index in [-0.39, 0.29) is 34.6 Å². The summed E-state index contributed by atoms with van der Waals surface area (Å²) in [4.78, 5) is 22.7. The summed E-state index contributed by atoms with van der Waals surface area (Å²) in [5.41, 5.74) is 2.34. The lowest BCUT2D eigenvalue weighted by Gasteiger charge is -2.16. The maximum absolute atomic E-state index is 11.3. The number of ketones is 2. The lowest BCUT2D eigenvalue weighted by molar-refractivity contribution is -0.117. The number of methoxy groups -OCH3 is 2. The molecule has 0 aliphatic rings. The highest BCUT2D eigenvalue weighted by Crippen LogP contribution is 2.45. The number of phenolic OH excluding ortho intramolecular Hbond substituents is 2. The van der Waals surface area contributed by atoms with Crippen LogP contribution in [0.15, 0.2) is 24.3 Å². The number of Topliss-reactive ketones (excluding diaryl/α,β-unsaturated/α-hetero) is 2. The number of rotatable bonds is 9. The van der Waals surface area contributed by atoms with Crippen LogP contribution >= 0.6 is 0 Å². The molecule has 0 radical (unpaired) electrons. The fourth-order valence-electron chi connectivity index (χ4n) is 2.98. The summed E-state index contributed by atoms with van der Waals surface area (Å²) in [6.45, 7) is 3.04. The Morgan fingerprint density at radius 1 is 0.750 bits per heavy atom. The standard InChI is InChI=1S/C22H26O6/c1-13(23)5-7-15-9-17(21(25)19(11-15)27-3)18-10-16(8-6-14(2)24)12-20(28-4)22(18)26/h9-12,25-26H,5-8H2,1-4H3. The molecule has 0 atom stereocenters. The van der Waals surface area contributed by atoms with Crippen molar-refractivity contribution in [3.05, 3.63) is 35.4 Å². The summed E-state index contributed by atoms with van der Waals surface area (Å²) in [7, 11) is 2.88. The first-order chi connectivity index (χ1) is 13.3. The van der Waals surface area contributed by atoms with Crippen molar-refractivity contribution in [2.75, 3.05) is 14.2 Å². The van der Waals surface area contributed by atoms with Gasteiger partial charge in [-0.3, -0.25) is 0 Å².